The summed E-state index contributed by atoms with van der Waals surface area (Å²) >= 11 is 0. The zero-order valence-corrected chi connectivity index (χ0v) is 12.8. The maximum absolute atomic E-state index is 5.53. The minimum atomic E-state index is 0.649. The Morgan fingerprint density at radius 3 is 2.05 bits per heavy atom. The van der Waals surface area contributed by atoms with Gasteiger partial charge in [0.05, 0.1) is 33.0 Å². The van der Waals surface area contributed by atoms with Crippen molar-refractivity contribution in [1.29, 1.82) is 0 Å². The molecule has 1 aliphatic carbocycles. The van der Waals surface area contributed by atoms with Crippen LogP contribution in [0, 0.1) is 11.8 Å². The molecule has 1 N–H and O–H groups in total. The SMILES string of the molecule is COCCOCCOCCNC1CC(C)CC(C)C1. The monoisotopic (exact) mass is 273 g/mol. The van der Waals surface area contributed by atoms with Crippen LogP contribution in [0.2, 0.25) is 0 Å². The van der Waals surface area contributed by atoms with E-state index in [4.69, 9.17) is 14.2 Å². The van der Waals surface area contributed by atoms with Crippen LogP contribution in [0.4, 0.5) is 0 Å². The topological polar surface area (TPSA) is 39.7 Å². The van der Waals surface area contributed by atoms with Gasteiger partial charge in [0.15, 0.2) is 0 Å². The van der Waals surface area contributed by atoms with Crippen molar-refractivity contribution in [3.05, 3.63) is 0 Å². The third-order valence-electron chi connectivity index (χ3n) is 3.66. The second-order valence-electron chi connectivity index (χ2n) is 5.79. The lowest BCUT2D eigenvalue weighted by Gasteiger charge is -2.32. The number of ether oxygens (including phenoxy) is 3. The van der Waals surface area contributed by atoms with Gasteiger partial charge >= 0.3 is 0 Å². The summed E-state index contributed by atoms with van der Waals surface area (Å²) in [6.45, 7) is 9.06. The van der Waals surface area contributed by atoms with Crippen molar-refractivity contribution in [2.24, 2.45) is 11.8 Å². The van der Waals surface area contributed by atoms with Gasteiger partial charge in [-0.2, -0.15) is 0 Å². The number of hydrogen-bond donors (Lipinski definition) is 1. The molecule has 0 aliphatic heterocycles. The van der Waals surface area contributed by atoms with Crippen molar-refractivity contribution >= 4 is 0 Å². The minimum Gasteiger partial charge on any atom is -0.382 e. The molecule has 1 rings (SSSR count). The summed E-state index contributed by atoms with van der Waals surface area (Å²) in [5, 5.41) is 3.61. The molecule has 0 aromatic carbocycles. The van der Waals surface area contributed by atoms with E-state index in [0.717, 1.165) is 25.0 Å². The van der Waals surface area contributed by atoms with Crippen LogP contribution >= 0.6 is 0 Å². The molecule has 19 heavy (non-hydrogen) atoms. The second-order valence-corrected chi connectivity index (χ2v) is 5.79. The molecule has 0 bridgehead atoms. The van der Waals surface area contributed by atoms with Crippen LogP contribution in [0.3, 0.4) is 0 Å². The highest BCUT2D eigenvalue weighted by atomic mass is 16.5. The Bertz CT molecular complexity index is 204. The van der Waals surface area contributed by atoms with Crippen molar-refractivity contribution in [2.75, 3.05) is 46.7 Å². The molecule has 1 fully saturated rings. The maximum atomic E-state index is 5.53. The van der Waals surface area contributed by atoms with Crippen molar-refractivity contribution < 1.29 is 14.2 Å². The van der Waals surface area contributed by atoms with Gasteiger partial charge in [0.25, 0.3) is 0 Å². The molecule has 0 aromatic heterocycles. The van der Waals surface area contributed by atoms with E-state index in [1.807, 2.05) is 0 Å². The lowest BCUT2D eigenvalue weighted by Crippen LogP contribution is -2.38. The molecular formula is C15H31NO3. The van der Waals surface area contributed by atoms with Gasteiger partial charge in [-0.1, -0.05) is 13.8 Å². The molecule has 1 aliphatic rings. The van der Waals surface area contributed by atoms with E-state index in [9.17, 15) is 0 Å². The number of methoxy groups -OCH3 is 1. The molecule has 1 saturated carbocycles. The number of nitrogens with one attached hydrogen (secondary N) is 1. The third-order valence-corrected chi connectivity index (χ3v) is 3.66. The van der Waals surface area contributed by atoms with Gasteiger partial charge in [-0.3, -0.25) is 0 Å². The smallest absolute Gasteiger partial charge is 0.0701 e. The van der Waals surface area contributed by atoms with Crippen molar-refractivity contribution in [1.82, 2.24) is 5.32 Å². The Hall–Kier alpha value is -0.160. The van der Waals surface area contributed by atoms with Crippen LogP contribution in [0.1, 0.15) is 33.1 Å². The summed E-state index contributed by atoms with van der Waals surface area (Å²) in [5.41, 5.74) is 0. The summed E-state index contributed by atoms with van der Waals surface area (Å²) in [6.07, 6.45) is 4.00. The Balaban J connectivity index is 1.87. The van der Waals surface area contributed by atoms with Crippen LogP contribution in [0.15, 0.2) is 0 Å². The fourth-order valence-corrected chi connectivity index (χ4v) is 2.91. The van der Waals surface area contributed by atoms with E-state index in [-0.39, 0.29) is 0 Å². The van der Waals surface area contributed by atoms with Gasteiger partial charge in [-0.25, -0.2) is 0 Å². The van der Waals surface area contributed by atoms with Crippen molar-refractivity contribution in [2.45, 2.75) is 39.2 Å². The Kier molecular flexibility index (Phi) is 9.43. The standard InChI is InChI=1S/C15H31NO3/c1-13-10-14(2)12-15(11-13)16-4-5-18-8-9-19-7-6-17-3/h13-16H,4-12H2,1-3H3. The molecule has 0 radical (unpaired) electrons. The molecule has 0 saturated heterocycles. The van der Waals surface area contributed by atoms with E-state index in [1.54, 1.807) is 7.11 Å². The first-order valence-electron chi connectivity index (χ1n) is 7.60. The summed E-state index contributed by atoms with van der Waals surface area (Å²) in [4.78, 5) is 0. The van der Waals surface area contributed by atoms with Crippen LogP contribution < -0.4 is 5.32 Å². The second kappa shape index (κ2) is 10.6. The quantitative estimate of drug-likeness (QED) is 0.619. The lowest BCUT2D eigenvalue weighted by molar-refractivity contribution is 0.0248. The van der Waals surface area contributed by atoms with Crippen LogP contribution in [0.5, 0.6) is 0 Å². The average molecular weight is 273 g/mol. The van der Waals surface area contributed by atoms with Gasteiger partial charge in [-0.15, -0.1) is 0 Å². The van der Waals surface area contributed by atoms with E-state index in [1.165, 1.54) is 19.3 Å². The summed E-state index contributed by atoms with van der Waals surface area (Å²) in [7, 11) is 1.68. The third kappa shape index (κ3) is 8.58. The first-order valence-corrected chi connectivity index (χ1v) is 7.60. The molecule has 114 valence electrons. The largest absolute Gasteiger partial charge is 0.382 e. The zero-order valence-electron chi connectivity index (χ0n) is 12.8. The molecule has 0 aromatic rings. The van der Waals surface area contributed by atoms with Gasteiger partial charge in [-0.05, 0) is 31.1 Å². The highest BCUT2D eigenvalue weighted by molar-refractivity contribution is 4.79. The highest BCUT2D eigenvalue weighted by Gasteiger charge is 2.22. The number of hydrogen-bond acceptors (Lipinski definition) is 4. The molecule has 4 heteroatoms. The van der Waals surface area contributed by atoms with Gasteiger partial charge in [0, 0.05) is 19.7 Å². The summed E-state index contributed by atoms with van der Waals surface area (Å²) in [6, 6.07) is 0.681. The van der Waals surface area contributed by atoms with Crippen molar-refractivity contribution in [3.63, 3.8) is 0 Å². The average Bonchev–Trinajstić information content (AvgIpc) is 2.36. The Morgan fingerprint density at radius 1 is 0.842 bits per heavy atom. The predicted octanol–water partition coefficient (Wildman–Crippen LogP) is 2.08. The molecule has 2 atom stereocenters. The highest BCUT2D eigenvalue weighted by Crippen LogP contribution is 2.28. The van der Waals surface area contributed by atoms with E-state index >= 15 is 0 Å². The molecule has 0 heterocycles. The van der Waals surface area contributed by atoms with Gasteiger partial charge < -0.3 is 19.5 Å². The van der Waals surface area contributed by atoms with E-state index in [2.05, 4.69) is 19.2 Å². The Morgan fingerprint density at radius 2 is 1.42 bits per heavy atom. The van der Waals surface area contributed by atoms with Crippen LogP contribution in [0.25, 0.3) is 0 Å². The predicted molar refractivity (Wildman–Crippen MR) is 77.5 cm³/mol. The lowest BCUT2D eigenvalue weighted by atomic mass is 9.80. The van der Waals surface area contributed by atoms with E-state index < -0.39 is 0 Å². The zero-order chi connectivity index (χ0) is 13.9. The van der Waals surface area contributed by atoms with Crippen molar-refractivity contribution in [3.8, 4) is 0 Å². The molecular weight excluding hydrogens is 242 g/mol. The Labute approximate surface area is 118 Å². The fourth-order valence-electron chi connectivity index (χ4n) is 2.91. The maximum Gasteiger partial charge on any atom is 0.0701 e. The normalized spacial score (nSPS) is 27.6. The van der Waals surface area contributed by atoms with Gasteiger partial charge in [0.2, 0.25) is 0 Å². The fraction of sp³-hybridized carbons (Fsp3) is 1.00. The first-order chi connectivity index (χ1) is 9.22. The molecule has 0 spiro atoms. The minimum absolute atomic E-state index is 0.649. The van der Waals surface area contributed by atoms with Gasteiger partial charge in [0.1, 0.15) is 0 Å². The first kappa shape index (κ1) is 16.9. The molecule has 2 unspecified atom stereocenters. The number of rotatable bonds is 10. The van der Waals surface area contributed by atoms with Crippen LogP contribution in [-0.4, -0.2) is 52.7 Å². The summed E-state index contributed by atoms with van der Waals surface area (Å²) < 4.78 is 15.8. The molecule has 4 nitrogen and oxygen atoms in total. The summed E-state index contributed by atoms with van der Waals surface area (Å²) in [5.74, 6) is 1.72. The van der Waals surface area contributed by atoms with Crippen LogP contribution in [-0.2, 0) is 14.2 Å². The molecule has 0 amide bonds. The van der Waals surface area contributed by atoms with E-state index in [0.29, 0.717) is 32.5 Å².